The van der Waals surface area contributed by atoms with E-state index in [0.717, 1.165) is 0 Å². The summed E-state index contributed by atoms with van der Waals surface area (Å²) in [6.07, 6.45) is 0. The van der Waals surface area contributed by atoms with Crippen molar-refractivity contribution in [3.8, 4) is 0 Å². The Morgan fingerprint density at radius 3 is 2.53 bits per heavy atom. The first-order valence-electron chi connectivity index (χ1n) is 5.42. The average molecular weight is 241 g/mol. The van der Waals surface area contributed by atoms with E-state index >= 15 is 0 Å². The summed E-state index contributed by atoms with van der Waals surface area (Å²) in [5, 5.41) is 18.1. The first-order valence-corrected chi connectivity index (χ1v) is 5.42. The zero-order chi connectivity index (χ0) is 13.2. The van der Waals surface area contributed by atoms with E-state index in [0.29, 0.717) is 18.1 Å². The van der Waals surface area contributed by atoms with E-state index in [1.165, 1.54) is 6.07 Å². The fraction of sp³-hybridized carbons (Fsp3) is 0.583. The van der Waals surface area contributed by atoms with Gasteiger partial charge in [-0.25, -0.2) is 4.79 Å². The molecule has 0 aromatic carbocycles. The smallest absolute Gasteiger partial charge is 0.339 e. The van der Waals surface area contributed by atoms with Gasteiger partial charge in [0.05, 0.1) is 13.2 Å². The second-order valence-corrected chi connectivity index (χ2v) is 4.81. The Bertz CT molecular complexity index is 409. The summed E-state index contributed by atoms with van der Waals surface area (Å²) in [5.74, 6) is 0.00759. The van der Waals surface area contributed by atoms with Gasteiger partial charge in [0.2, 0.25) is 0 Å². The Kier molecular flexibility index (Phi) is 3.95. The first kappa shape index (κ1) is 13.7. The highest BCUT2D eigenvalue weighted by Crippen LogP contribution is 2.19. The number of aliphatic hydroxyl groups is 1. The van der Waals surface area contributed by atoms with E-state index in [2.05, 4.69) is 0 Å². The lowest BCUT2D eigenvalue weighted by atomic mass is 10.1. The maximum Gasteiger partial charge on any atom is 0.339 e. The molecule has 0 spiro atoms. The zero-order valence-corrected chi connectivity index (χ0v) is 10.6. The summed E-state index contributed by atoms with van der Waals surface area (Å²) >= 11 is 0. The number of aryl methyl sites for hydroxylation is 1. The number of carbonyl (C=O) groups is 1. The van der Waals surface area contributed by atoms with E-state index in [1.54, 1.807) is 6.92 Å². The molecule has 17 heavy (non-hydrogen) atoms. The zero-order valence-electron chi connectivity index (χ0n) is 10.6. The normalized spacial score (nSPS) is 12.1. The monoisotopic (exact) mass is 241 g/mol. The number of hydrogen-bond donors (Lipinski definition) is 2. The quantitative estimate of drug-likeness (QED) is 0.817. The third-order valence-corrected chi connectivity index (χ3v) is 3.01. The average Bonchev–Trinajstić information content (AvgIpc) is 2.59. The van der Waals surface area contributed by atoms with Crippen LogP contribution in [0.2, 0.25) is 0 Å². The Morgan fingerprint density at radius 1 is 1.53 bits per heavy atom. The topological polar surface area (TPSA) is 73.9 Å². The molecule has 5 heteroatoms. The molecule has 0 saturated heterocycles. The van der Waals surface area contributed by atoms with Gasteiger partial charge in [-0.05, 0) is 33.9 Å². The summed E-state index contributed by atoms with van der Waals surface area (Å²) in [6, 6.07) is 1.53. The largest absolute Gasteiger partial charge is 0.478 e. The van der Waals surface area contributed by atoms with E-state index < -0.39 is 5.97 Å². The number of likely N-dealkylation sites (N-methyl/N-ethyl adjacent to an activating group) is 1. The molecule has 5 nitrogen and oxygen atoms in total. The molecule has 0 aliphatic carbocycles. The summed E-state index contributed by atoms with van der Waals surface area (Å²) in [6.45, 7) is 5.92. The Morgan fingerprint density at radius 2 is 2.12 bits per heavy atom. The standard InChI is InChI=1S/C12H19NO4/c1-8-10(11(15)16)5-9(17-8)6-13(4)12(2,3)7-14/h5,14H,6-7H2,1-4H3,(H,15,16). The number of nitrogens with zero attached hydrogens (tertiary/aromatic N) is 1. The van der Waals surface area contributed by atoms with Crippen molar-refractivity contribution >= 4 is 5.97 Å². The minimum atomic E-state index is -0.985. The SMILES string of the molecule is Cc1oc(CN(C)C(C)(C)CO)cc1C(=O)O. The molecule has 0 radical (unpaired) electrons. The van der Waals surface area contributed by atoms with Crippen LogP contribution >= 0.6 is 0 Å². The molecule has 0 saturated carbocycles. The van der Waals surface area contributed by atoms with Crippen molar-refractivity contribution < 1.29 is 19.4 Å². The lowest BCUT2D eigenvalue weighted by Gasteiger charge is -2.33. The molecule has 1 heterocycles. The second-order valence-electron chi connectivity index (χ2n) is 4.81. The number of aliphatic hydroxyl groups excluding tert-OH is 1. The van der Waals surface area contributed by atoms with Crippen molar-refractivity contribution in [1.29, 1.82) is 0 Å². The molecular weight excluding hydrogens is 222 g/mol. The lowest BCUT2D eigenvalue weighted by Crippen LogP contribution is -2.43. The number of furan rings is 1. The van der Waals surface area contributed by atoms with Crippen LogP contribution in [0.15, 0.2) is 10.5 Å². The summed E-state index contributed by atoms with van der Waals surface area (Å²) in [5.41, 5.74) is -0.181. The first-order chi connectivity index (χ1) is 7.77. The molecule has 2 N–H and O–H groups in total. The minimum Gasteiger partial charge on any atom is -0.478 e. The number of rotatable bonds is 5. The van der Waals surface area contributed by atoms with Crippen LogP contribution in [-0.2, 0) is 6.54 Å². The molecule has 1 rings (SSSR count). The van der Waals surface area contributed by atoms with Gasteiger partial charge in [-0.2, -0.15) is 0 Å². The summed E-state index contributed by atoms with van der Waals surface area (Å²) < 4.78 is 5.38. The third kappa shape index (κ3) is 3.08. The lowest BCUT2D eigenvalue weighted by molar-refractivity contribution is 0.0680. The van der Waals surface area contributed by atoms with Crippen molar-refractivity contribution in [2.45, 2.75) is 32.9 Å². The van der Waals surface area contributed by atoms with Gasteiger partial charge in [-0.15, -0.1) is 0 Å². The van der Waals surface area contributed by atoms with Crippen molar-refractivity contribution in [3.05, 3.63) is 23.2 Å². The van der Waals surface area contributed by atoms with Crippen LogP contribution in [0.4, 0.5) is 0 Å². The molecule has 0 unspecified atom stereocenters. The van der Waals surface area contributed by atoms with Gasteiger partial charge in [-0.1, -0.05) is 0 Å². The van der Waals surface area contributed by atoms with Gasteiger partial charge in [0.1, 0.15) is 17.1 Å². The molecule has 1 aromatic heterocycles. The van der Waals surface area contributed by atoms with Crippen molar-refractivity contribution in [2.75, 3.05) is 13.7 Å². The fourth-order valence-corrected chi connectivity index (χ4v) is 1.40. The van der Waals surface area contributed by atoms with Crippen LogP contribution in [0.5, 0.6) is 0 Å². The number of aromatic carboxylic acids is 1. The predicted molar refractivity (Wildman–Crippen MR) is 63.0 cm³/mol. The number of carboxylic acid groups (broad SMARTS) is 1. The van der Waals surface area contributed by atoms with Crippen molar-refractivity contribution in [1.82, 2.24) is 4.90 Å². The second kappa shape index (κ2) is 4.89. The Balaban J connectivity index is 2.83. The molecule has 0 aliphatic rings. The summed E-state index contributed by atoms with van der Waals surface area (Å²) in [4.78, 5) is 12.8. The highest BCUT2D eigenvalue weighted by molar-refractivity contribution is 5.88. The van der Waals surface area contributed by atoms with Gasteiger partial charge in [0.25, 0.3) is 0 Å². The van der Waals surface area contributed by atoms with E-state index in [4.69, 9.17) is 9.52 Å². The molecule has 96 valence electrons. The van der Waals surface area contributed by atoms with Crippen LogP contribution in [0.3, 0.4) is 0 Å². The van der Waals surface area contributed by atoms with Gasteiger partial charge in [0, 0.05) is 5.54 Å². The molecule has 0 atom stereocenters. The molecule has 0 fully saturated rings. The maximum absolute atomic E-state index is 10.9. The fourth-order valence-electron chi connectivity index (χ4n) is 1.40. The molecule has 1 aromatic rings. The minimum absolute atomic E-state index is 0.0228. The van der Waals surface area contributed by atoms with E-state index in [-0.39, 0.29) is 17.7 Å². The maximum atomic E-state index is 10.9. The van der Waals surface area contributed by atoms with Gasteiger partial charge in [0.15, 0.2) is 0 Å². The van der Waals surface area contributed by atoms with Crippen LogP contribution in [0, 0.1) is 6.92 Å². The van der Waals surface area contributed by atoms with E-state index in [1.807, 2.05) is 25.8 Å². The van der Waals surface area contributed by atoms with Crippen molar-refractivity contribution in [3.63, 3.8) is 0 Å². The van der Waals surface area contributed by atoms with Crippen molar-refractivity contribution in [2.24, 2.45) is 0 Å². The van der Waals surface area contributed by atoms with Crippen LogP contribution < -0.4 is 0 Å². The Labute approximate surface area is 101 Å². The van der Waals surface area contributed by atoms with Crippen LogP contribution in [0.25, 0.3) is 0 Å². The summed E-state index contributed by atoms with van der Waals surface area (Å²) in [7, 11) is 1.86. The highest BCUT2D eigenvalue weighted by atomic mass is 16.4. The van der Waals surface area contributed by atoms with Gasteiger partial charge >= 0.3 is 5.97 Å². The van der Waals surface area contributed by atoms with Gasteiger partial charge < -0.3 is 14.6 Å². The molecule has 0 amide bonds. The molecule has 0 bridgehead atoms. The van der Waals surface area contributed by atoms with Gasteiger partial charge in [-0.3, -0.25) is 4.90 Å². The third-order valence-electron chi connectivity index (χ3n) is 3.01. The highest BCUT2D eigenvalue weighted by Gasteiger charge is 2.24. The predicted octanol–water partition coefficient (Wildman–Crippen LogP) is 1.49. The molecular formula is C12H19NO4. The number of hydrogen-bond acceptors (Lipinski definition) is 4. The Hall–Kier alpha value is -1.33. The molecule has 0 aliphatic heterocycles. The van der Waals surface area contributed by atoms with Crippen LogP contribution in [-0.4, -0.2) is 40.3 Å². The number of carboxylic acids is 1. The van der Waals surface area contributed by atoms with Crippen LogP contribution in [0.1, 0.15) is 35.7 Å². The van der Waals surface area contributed by atoms with E-state index in [9.17, 15) is 9.90 Å².